The van der Waals surface area contributed by atoms with Crippen molar-refractivity contribution in [1.82, 2.24) is 0 Å². The first-order valence-corrected chi connectivity index (χ1v) is 8.17. The highest BCUT2D eigenvalue weighted by atomic mass is 19.4. The number of carbonyl (C=O) groups excluding carboxylic acids is 1. The van der Waals surface area contributed by atoms with Gasteiger partial charge in [0.15, 0.2) is 6.61 Å². The molecule has 2 unspecified atom stereocenters. The Bertz CT molecular complexity index is 849. The van der Waals surface area contributed by atoms with Crippen LogP contribution in [-0.4, -0.2) is 23.6 Å². The van der Waals surface area contributed by atoms with Gasteiger partial charge in [-0.2, -0.15) is 13.2 Å². The SMILES string of the molecule is O=C(O)COc1ccc(NC(=O)C2CC2c2ccccc2C(F)(F)F)cc1. The second kappa shape index (κ2) is 7.30. The van der Waals surface area contributed by atoms with Crippen molar-refractivity contribution in [3.05, 3.63) is 59.7 Å². The van der Waals surface area contributed by atoms with E-state index in [4.69, 9.17) is 9.84 Å². The number of hydrogen-bond acceptors (Lipinski definition) is 3. The van der Waals surface area contributed by atoms with Crippen LogP contribution in [0.5, 0.6) is 5.75 Å². The normalized spacial score (nSPS) is 18.6. The van der Waals surface area contributed by atoms with E-state index >= 15 is 0 Å². The van der Waals surface area contributed by atoms with E-state index in [1.807, 2.05) is 0 Å². The number of aliphatic carboxylic acids is 1. The van der Waals surface area contributed by atoms with E-state index in [1.165, 1.54) is 42.5 Å². The van der Waals surface area contributed by atoms with Crippen molar-refractivity contribution in [1.29, 1.82) is 0 Å². The first kappa shape index (κ1) is 18.8. The number of amides is 1. The van der Waals surface area contributed by atoms with Crippen LogP contribution in [0.1, 0.15) is 23.5 Å². The van der Waals surface area contributed by atoms with Gasteiger partial charge in [-0.15, -0.1) is 0 Å². The molecule has 0 bridgehead atoms. The lowest BCUT2D eigenvalue weighted by atomic mass is 10.0. The zero-order chi connectivity index (χ0) is 19.6. The zero-order valence-electron chi connectivity index (χ0n) is 14.0. The van der Waals surface area contributed by atoms with E-state index in [1.54, 1.807) is 0 Å². The number of carbonyl (C=O) groups is 2. The Kier molecular flexibility index (Phi) is 5.07. The van der Waals surface area contributed by atoms with Crippen molar-refractivity contribution >= 4 is 17.6 Å². The van der Waals surface area contributed by atoms with Gasteiger partial charge in [0.25, 0.3) is 0 Å². The third kappa shape index (κ3) is 4.58. The van der Waals surface area contributed by atoms with Crippen LogP contribution in [0, 0.1) is 5.92 Å². The van der Waals surface area contributed by atoms with Crippen LogP contribution in [0.3, 0.4) is 0 Å². The summed E-state index contributed by atoms with van der Waals surface area (Å²) in [5, 5.41) is 11.2. The van der Waals surface area contributed by atoms with Gasteiger partial charge in [0.1, 0.15) is 5.75 Å². The molecule has 8 heteroatoms. The summed E-state index contributed by atoms with van der Waals surface area (Å²) >= 11 is 0. The summed E-state index contributed by atoms with van der Waals surface area (Å²) in [6, 6.07) is 11.4. The highest BCUT2D eigenvalue weighted by Gasteiger charge is 2.47. The lowest BCUT2D eigenvalue weighted by Gasteiger charge is -2.12. The average Bonchev–Trinajstić information content (AvgIpc) is 3.41. The second-order valence-electron chi connectivity index (χ2n) is 6.23. The number of carboxylic acid groups (broad SMARTS) is 1. The quantitative estimate of drug-likeness (QED) is 0.798. The van der Waals surface area contributed by atoms with Gasteiger partial charge in [-0.1, -0.05) is 18.2 Å². The number of carboxylic acids is 1. The lowest BCUT2D eigenvalue weighted by molar-refractivity contribution is -0.139. The molecule has 5 nitrogen and oxygen atoms in total. The molecule has 0 aromatic heterocycles. The summed E-state index contributed by atoms with van der Waals surface area (Å²) in [7, 11) is 0. The Morgan fingerprint density at radius 1 is 1.11 bits per heavy atom. The van der Waals surface area contributed by atoms with Crippen molar-refractivity contribution in [2.75, 3.05) is 11.9 Å². The number of rotatable bonds is 6. The van der Waals surface area contributed by atoms with Crippen molar-refractivity contribution in [2.24, 2.45) is 5.92 Å². The van der Waals surface area contributed by atoms with E-state index < -0.39 is 36.2 Å². The molecular weight excluding hydrogens is 363 g/mol. The second-order valence-corrected chi connectivity index (χ2v) is 6.23. The molecule has 1 aliphatic rings. The minimum Gasteiger partial charge on any atom is -0.482 e. The minimum atomic E-state index is -4.45. The van der Waals surface area contributed by atoms with E-state index in [2.05, 4.69) is 5.32 Å². The van der Waals surface area contributed by atoms with Crippen molar-refractivity contribution in [2.45, 2.75) is 18.5 Å². The first-order valence-electron chi connectivity index (χ1n) is 8.17. The van der Waals surface area contributed by atoms with Gasteiger partial charge >= 0.3 is 12.1 Å². The fourth-order valence-corrected chi connectivity index (χ4v) is 2.92. The molecule has 2 aromatic carbocycles. The van der Waals surface area contributed by atoms with Crippen LogP contribution in [0.4, 0.5) is 18.9 Å². The third-order valence-corrected chi connectivity index (χ3v) is 4.28. The zero-order valence-corrected chi connectivity index (χ0v) is 14.0. The number of hydrogen-bond donors (Lipinski definition) is 2. The van der Waals surface area contributed by atoms with Crippen molar-refractivity contribution in [3.63, 3.8) is 0 Å². The molecule has 0 aliphatic heterocycles. The molecule has 2 aromatic rings. The van der Waals surface area contributed by atoms with E-state index in [0.29, 0.717) is 17.9 Å². The fourth-order valence-electron chi connectivity index (χ4n) is 2.92. The van der Waals surface area contributed by atoms with Crippen LogP contribution in [0.2, 0.25) is 0 Å². The van der Waals surface area contributed by atoms with Crippen LogP contribution >= 0.6 is 0 Å². The smallest absolute Gasteiger partial charge is 0.416 e. The van der Waals surface area contributed by atoms with Gasteiger partial charge in [-0.3, -0.25) is 4.79 Å². The van der Waals surface area contributed by atoms with E-state index in [-0.39, 0.29) is 11.5 Å². The molecule has 0 radical (unpaired) electrons. The van der Waals surface area contributed by atoms with Crippen molar-refractivity contribution in [3.8, 4) is 5.75 Å². The molecule has 0 heterocycles. The maximum atomic E-state index is 13.1. The maximum Gasteiger partial charge on any atom is 0.416 e. The Morgan fingerprint density at radius 3 is 2.41 bits per heavy atom. The Balaban J connectivity index is 1.62. The summed E-state index contributed by atoms with van der Waals surface area (Å²) in [6.45, 7) is -0.478. The number of benzene rings is 2. The number of alkyl halides is 3. The van der Waals surface area contributed by atoms with Gasteiger partial charge in [0.2, 0.25) is 5.91 Å². The van der Waals surface area contributed by atoms with Crippen LogP contribution in [0.15, 0.2) is 48.5 Å². The summed E-state index contributed by atoms with van der Waals surface area (Å²) in [4.78, 5) is 22.8. The molecule has 27 heavy (non-hydrogen) atoms. The van der Waals surface area contributed by atoms with E-state index in [9.17, 15) is 22.8 Å². The van der Waals surface area contributed by atoms with Gasteiger partial charge in [0.05, 0.1) is 5.56 Å². The molecular formula is C19H16F3NO4. The summed E-state index contributed by atoms with van der Waals surface area (Å²) in [6.07, 6.45) is -4.09. The predicted molar refractivity (Wildman–Crippen MR) is 90.5 cm³/mol. The Morgan fingerprint density at radius 2 is 1.78 bits per heavy atom. The van der Waals surface area contributed by atoms with Gasteiger partial charge in [0, 0.05) is 11.6 Å². The largest absolute Gasteiger partial charge is 0.482 e. The van der Waals surface area contributed by atoms with Crippen LogP contribution < -0.4 is 10.1 Å². The molecule has 1 fully saturated rings. The molecule has 142 valence electrons. The molecule has 1 saturated carbocycles. The van der Waals surface area contributed by atoms with E-state index in [0.717, 1.165) is 6.07 Å². The third-order valence-electron chi connectivity index (χ3n) is 4.28. The topological polar surface area (TPSA) is 75.6 Å². The lowest BCUT2D eigenvalue weighted by Crippen LogP contribution is -2.15. The molecule has 3 rings (SSSR count). The number of ether oxygens (including phenoxy) is 1. The fraction of sp³-hybridized carbons (Fsp3) is 0.263. The van der Waals surface area contributed by atoms with Crippen LogP contribution in [0.25, 0.3) is 0 Å². The minimum absolute atomic E-state index is 0.141. The first-order chi connectivity index (χ1) is 12.8. The molecule has 2 atom stereocenters. The number of anilines is 1. The van der Waals surface area contributed by atoms with Gasteiger partial charge in [-0.05, 0) is 48.2 Å². The van der Waals surface area contributed by atoms with Crippen molar-refractivity contribution < 1.29 is 32.6 Å². The predicted octanol–water partition coefficient (Wildman–Crippen LogP) is 3.91. The molecule has 1 aliphatic carbocycles. The molecule has 2 N–H and O–H groups in total. The van der Waals surface area contributed by atoms with Gasteiger partial charge in [-0.25, -0.2) is 4.79 Å². The maximum absolute atomic E-state index is 13.1. The summed E-state index contributed by atoms with van der Waals surface area (Å²) in [5.74, 6) is -2.10. The highest BCUT2D eigenvalue weighted by molar-refractivity contribution is 5.95. The average molecular weight is 379 g/mol. The molecule has 0 saturated heterocycles. The standard InChI is InChI=1S/C19H16F3NO4/c20-19(21,22)16-4-2-1-3-13(16)14-9-15(14)18(26)23-11-5-7-12(8-6-11)27-10-17(24)25/h1-8,14-15H,9-10H2,(H,23,26)(H,24,25). The summed E-state index contributed by atoms with van der Waals surface area (Å²) < 4.78 is 44.3. The highest BCUT2D eigenvalue weighted by Crippen LogP contribution is 2.51. The van der Waals surface area contributed by atoms with Gasteiger partial charge < -0.3 is 15.2 Å². The number of nitrogens with one attached hydrogen (secondary N) is 1. The Labute approximate surface area is 152 Å². The monoisotopic (exact) mass is 379 g/mol. The Hall–Kier alpha value is -3.03. The van der Waals surface area contributed by atoms with Crippen LogP contribution in [-0.2, 0) is 15.8 Å². The molecule has 0 spiro atoms. The number of halogens is 3. The molecule has 1 amide bonds. The summed E-state index contributed by atoms with van der Waals surface area (Å²) in [5.41, 5.74) is -0.106.